The highest BCUT2D eigenvalue weighted by Gasteiger charge is 2.20. The third kappa shape index (κ3) is 3.99. The number of hydrogen-bond acceptors (Lipinski definition) is 3. The molecule has 0 saturated carbocycles. The van der Waals surface area contributed by atoms with Gasteiger partial charge in [-0.1, -0.05) is 48.5 Å². The van der Waals surface area contributed by atoms with Crippen molar-refractivity contribution in [2.45, 2.75) is 5.92 Å². The van der Waals surface area contributed by atoms with Gasteiger partial charge in [0.1, 0.15) is 11.3 Å². The van der Waals surface area contributed by atoms with E-state index in [1.165, 1.54) is 0 Å². The number of carbonyl (C=O) groups is 1. The number of carbonyl (C=O) groups excluding carboxylic acids is 1. The maximum Gasteiger partial charge on any atom is 0.261 e. The van der Waals surface area contributed by atoms with Crippen LogP contribution >= 0.6 is 0 Å². The predicted molar refractivity (Wildman–Crippen MR) is 130 cm³/mol. The second-order valence-corrected chi connectivity index (χ2v) is 7.92. The van der Waals surface area contributed by atoms with E-state index in [4.69, 9.17) is 4.74 Å². The molecule has 3 aromatic carbocycles. The fraction of sp³-hybridized carbons (Fsp3) is 0.111. The van der Waals surface area contributed by atoms with Crippen LogP contribution in [0.1, 0.15) is 27.4 Å². The average Bonchev–Trinajstić information content (AvgIpc) is 3.28. The number of ether oxygens (including phenoxy) is 1. The lowest BCUT2D eigenvalue weighted by molar-refractivity contribution is 0.0951. The number of methoxy groups -OCH3 is 1. The van der Waals surface area contributed by atoms with Crippen LogP contribution in [-0.2, 0) is 0 Å². The van der Waals surface area contributed by atoms with Crippen LogP contribution in [0, 0.1) is 0 Å². The molecule has 1 amide bonds. The van der Waals surface area contributed by atoms with Crippen LogP contribution in [-0.4, -0.2) is 29.5 Å². The average molecular weight is 437 g/mol. The minimum atomic E-state index is -0.403. The van der Waals surface area contributed by atoms with Crippen LogP contribution in [0.25, 0.3) is 21.8 Å². The molecule has 0 bridgehead atoms. The van der Waals surface area contributed by atoms with E-state index in [-0.39, 0.29) is 11.5 Å². The molecular weight excluding hydrogens is 414 g/mol. The molecule has 5 aromatic rings. The lowest BCUT2D eigenvalue weighted by Crippen LogP contribution is -2.32. The number of nitrogens with one attached hydrogen (secondary N) is 3. The molecule has 1 atom stereocenters. The Kier molecular flexibility index (Phi) is 5.40. The first-order chi connectivity index (χ1) is 16.1. The van der Waals surface area contributed by atoms with Gasteiger partial charge in [0.25, 0.3) is 11.5 Å². The van der Waals surface area contributed by atoms with Crippen molar-refractivity contribution in [3.05, 3.63) is 112 Å². The summed E-state index contributed by atoms with van der Waals surface area (Å²) in [4.78, 5) is 31.7. The minimum Gasteiger partial charge on any atom is -0.497 e. The number of aromatic nitrogens is 2. The van der Waals surface area contributed by atoms with Crippen molar-refractivity contribution < 1.29 is 9.53 Å². The van der Waals surface area contributed by atoms with E-state index in [1.807, 2.05) is 72.9 Å². The number of amides is 1. The van der Waals surface area contributed by atoms with E-state index < -0.39 is 11.5 Å². The summed E-state index contributed by atoms with van der Waals surface area (Å²) in [5.41, 5.74) is 3.54. The van der Waals surface area contributed by atoms with Gasteiger partial charge in [-0.15, -0.1) is 0 Å². The minimum absolute atomic E-state index is 0.0982. The van der Waals surface area contributed by atoms with Gasteiger partial charge >= 0.3 is 0 Å². The summed E-state index contributed by atoms with van der Waals surface area (Å²) in [6.45, 7) is 0.333. The summed E-state index contributed by atoms with van der Waals surface area (Å²) in [5.74, 6) is 0.249. The Bertz CT molecular complexity index is 1500. The van der Waals surface area contributed by atoms with Crippen LogP contribution in [0.15, 0.2) is 89.9 Å². The van der Waals surface area contributed by atoms with Crippen molar-refractivity contribution >= 4 is 27.7 Å². The van der Waals surface area contributed by atoms with Gasteiger partial charge in [0, 0.05) is 35.1 Å². The van der Waals surface area contributed by atoms with E-state index in [0.717, 1.165) is 33.2 Å². The topological polar surface area (TPSA) is 87.0 Å². The summed E-state index contributed by atoms with van der Waals surface area (Å²) >= 11 is 0. The van der Waals surface area contributed by atoms with E-state index >= 15 is 0 Å². The maximum absolute atomic E-state index is 13.0. The zero-order valence-corrected chi connectivity index (χ0v) is 18.1. The second kappa shape index (κ2) is 8.67. The Labute approximate surface area is 190 Å². The number of hydrogen-bond donors (Lipinski definition) is 3. The van der Waals surface area contributed by atoms with Crippen LogP contribution in [0.4, 0.5) is 0 Å². The molecule has 0 fully saturated rings. The van der Waals surface area contributed by atoms with Gasteiger partial charge in [0.15, 0.2) is 0 Å². The number of rotatable bonds is 6. The highest BCUT2D eigenvalue weighted by atomic mass is 16.5. The van der Waals surface area contributed by atoms with Gasteiger partial charge in [-0.05, 0) is 46.8 Å². The molecule has 5 rings (SSSR count). The van der Waals surface area contributed by atoms with E-state index in [0.29, 0.717) is 12.1 Å². The number of para-hydroxylation sites is 2. The molecule has 164 valence electrons. The zero-order chi connectivity index (χ0) is 22.8. The predicted octanol–water partition coefficient (Wildman–Crippen LogP) is 4.58. The van der Waals surface area contributed by atoms with Gasteiger partial charge in [-0.2, -0.15) is 0 Å². The molecule has 0 aliphatic heterocycles. The number of fused-ring (bicyclic) bond motifs is 2. The fourth-order valence-electron chi connectivity index (χ4n) is 4.23. The Balaban J connectivity index is 1.48. The van der Waals surface area contributed by atoms with E-state index in [2.05, 4.69) is 21.4 Å². The number of benzene rings is 3. The van der Waals surface area contributed by atoms with E-state index in [9.17, 15) is 9.59 Å². The maximum atomic E-state index is 13.0. The summed E-state index contributed by atoms with van der Waals surface area (Å²) in [5, 5.41) is 4.88. The van der Waals surface area contributed by atoms with Crippen LogP contribution in [0.3, 0.4) is 0 Å². The Hall–Kier alpha value is -4.32. The fourth-order valence-corrected chi connectivity index (χ4v) is 4.23. The first-order valence-corrected chi connectivity index (χ1v) is 10.7. The smallest absolute Gasteiger partial charge is 0.261 e. The van der Waals surface area contributed by atoms with Crippen molar-refractivity contribution in [3.8, 4) is 5.75 Å². The monoisotopic (exact) mass is 437 g/mol. The molecule has 1 unspecified atom stereocenters. The number of aromatic amines is 2. The first-order valence-electron chi connectivity index (χ1n) is 10.7. The lowest BCUT2D eigenvalue weighted by Gasteiger charge is -2.18. The van der Waals surface area contributed by atoms with Crippen molar-refractivity contribution in [3.63, 3.8) is 0 Å². The first kappa shape index (κ1) is 20.6. The normalized spacial score (nSPS) is 12.0. The molecule has 6 heteroatoms. The van der Waals surface area contributed by atoms with Gasteiger partial charge in [0.05, 0.1) is 7.11 Å². The van der Waals surface area contributed by atoms with E-state index in [1.54, 1.807) is 13.2 Å². The quantitative estimate of drug-likeness (QED) is 0.363. The van der Waals surface area contributed by atoms with Crippen LogP contribution in [0.5, 0.6) is 5.75 Å². The molecule has 6 nitrogen and oxygen atoms in total. The van der Waals surface area contributed by atoms with Crippen molar-refractivity contribution in [2.24, 2.45) is 0 Å². The molecular formula is C27H23N3O3. The molecule has 0 saturated heterocycles. The SMILES string of the molecule is COc1ccc(C(CNC(=O)c2cc3ccccc3[nH]c2=O)c2c[nH]c3ccccc23)cc1. The standard InChI is InChI=1S/C27H23N3O3/c1-33-19-12-10-17(11-13-19)22(23-16-28-25-9-5-3-7-20(23)25)15-29-26(31)21-14-18-6-2-4-8-24(18)30-27(21)32/h2-14,16,22,28H,15H2,1H3,(H,29,31)(H,30,32). The lowest BCUT2D eigenvalue weighted by atomic mass is 9.90. The summed E-state index contributed by atoms with van der Waals surface area (Å²) in [7, 11) is 1.63. The Morgan fingerprint density at radius 1 is 0.970 bits per heavy atom. The van der Waals surface area contributed by atoms with Crippen molar-refractivity contribution in [2.75, 3.05) is 13.7 Å². The third-order valence-corrected chi connectivity index (χ3v) is 5.98. The molecule has 0 spiro atoms. The van der Waals surface area contributed by atoms with Gasteiger partial charge in [-0.3, -0.25) is 9.59 Å². The van der Waals surface area contributed by atoms with Gasteiger partial charge in [0.2, 0.25) is 0 Å². The number of H-pyrrole nitrogens is 2. The molecule has 0 aliphatic rings. The highest BCUT2D eigenvalue weighted by molar-refractivity contribution is 5.97. The molecule has 3 N–H and O–H groups in total. The molecule has 33 heavy (non-hydrogen) atoms. The molecule has 0 radical (unpaired) electrons. The van der Waals surface area contributed by atoms with Gasteiger partial charge in [-0.25, -0.2) is 0 Å². The zero-order valence-electron chi connectivity index (χ0n) is 18.1. The number of pyridine rings is 1. The van der Waals surface area contributed by atoms with Crippen molar-refractivity contribution in [1.29, 1.82) is 0 Å². The second-order valence-electron chi connectivity index (χ2n) is 7.92. The van der Waals surface area contributed by atoms with Gasteiger partial charge < -0.3 is 20.0 Å². The summed E-state index contributed by atoms with van der Waals surface area (Å²) in [6, 6.07) is 24.9. The summed E-state index contributed by atoms with van der Waals surface area (Å²) in [6.07, 6.45) is 1.98. The summed E-state index contributed by atoms with van der Waals surface area (Å²) < 4.78 is 5.30. The molecule has 2 heterocycles. The van der Waals surface area contributed by atoms with Crippen LogP contribution in [0.2, 0.25) is 0 Å². The third-order valence-electron chi connectivity index (χ3n) is 5.98. The Morgan fingerprint density at radius 3 is 2.48 bits per heavy atom. The largest absolute Gasteiger partial charge is 0.497 e. The Morgan fingerprint density at radius 2 is 1.70 bits per heavy atom. The van der Waals surface area contributed by atoms with Crippen molar-refractivity contribution in [1.82, 2.24) is 15.3 Å². The molecule has 2 aromatic heterocycles. The molecule has 0 aliphatic carbocycles. The highest BCUT2D eigenvalue weighted by Crippen LogP contribution is 2.31. The van der Waals surface area contributed by atoms with Crippen LogP contribution < -0.4 is 15.6 Å².